The summed E-state index contributed by atoms with van der Waals surface area (Å²) in [7, 11) is 0. The second-order valence-electron chi connectivity index (χ2n) is 4.22. The molecular formula is C15H9FN4. The number of nitriles is 1. The van der Waals surface area contributed by atoms with Gasteiger partial charge < -0.3 is 0 Å². The molecule has 0 fully saturated rings. The van der Waals surface area contributed by atoms with Crippen LogP contribution < -0.4 is 0 Å². The minimum atomic E-state index is -0.435. The molecule has 0 atom stereocenters. The van der Waals surface area contributed by atoms with Gasteiger partial charge in [-0.1, -0.05) is 0 Å². The van der Waals surface area contributed by atoms with Crippen LogP contribution in [0.2, 0.25) is 0 Å². The van der Waals surface area contributed by atoms with Crippen LogP contribution in [0.3, 0.4) is 0 Å². The fourth-order valence-corrected chi connectivity index (χ4v) is 1.93. The highest BCUT2D eigenvalue weighted by Crippen LogP contribution is 2.22. The monoisotopic (exact) mass is 264 g/mol. The SMILES string of the molecule is N#Cc1cc(F)cc(-c2cnn(-c3ccncc3)c2)c1. The summed E-state index contributed by atoms with van der Waals surface area (Å²) < 4.78 is 15.1. The molecule has 0 unspecified atom stereocenters. The lowest BCUT2D eigenvalue weighted by Gasteiger charge is -2.00. The van der Waals surface area contributed by atoms with Crippen LogP contribution in [-0.2, 0) is 0 Å². The topological polar surface area (TPSA) is 54.5 Å². The highest BCUT2D eigenvalue weighted by molar-refractivity contribution is 5.64. The summed E-state index contributed by atoms with van der Waals surface area (Å²) in [6, 6.07) is 9.81. The van der Waals surface area contributed by atoms with E-state index in [-0.39, 0.29) is 5.56 Å². The van der Waals surface area contributed by atoms with Crippen molar-refractivity contribution in [2.24, 2.45) is 0 Å². The molecule has 3 aromatic rings. The molecule has 0 spiro atoms. The zero-order chi connectivity index (χ0) is 13.9. The Morgan fingerprint density at radius 3 is 2.65 bits per heavy atom. The predicted octanol–water partition coefficient (Wildman–Crippen LogP) is 2.95. The van der Waals surface area contributed by atoms with E-state index in [2.05, 4.69) is 10.1 Å². The normalized spacial score (nSPS) is 10.2. The molecule has 2 heterocycles. The molecule has 0 amide bonds. The lowest BCUT2D eigenvalue weighted by molar-refractivity contribution is 0.628. The second kappa shape index (κ2) is 4.94. The summed E-state index contributed by atoms with van der Waals surface area (Å²) >= 11 is 0. The first-order chi connectivity index (χ1) is 9.76. The number of hydrogen-bond donors (Lipinski definition) is 0. The molecule has 4 nitrogen and oxygen atoms in total. The molecule has 5 heteroatoms. The zero-order valence-electron chi connectivity index (χ0n) is 10.4. The molecule has 3 rings (SSSR count). The Morgan fingerprint density at radius 2 is 1.90 bits per heavy atom. The minimum absolute atomic E-state index is 0.289. The Balaban J connectivity index is 2.03. The molecule has 0 aliphatic carbocycles. The fraction of sp³-hybridized carbons (Fsp3) is 0. The Bertz CT molecular complexity index is 787. The smallest absolute Gasteiger partial charge is 0.125 e. The average molecular weight is 264 g/mol. The lowest BCUT2D eigenvalue weighted by atomic mass is 10.1. The molecule has 1 aromatic carbocycles. The second-order valence-corrected chi connectivity index (χ2v) is 4.22. The Kier molecular flexibility index (Phi) is 2.98. The van der Waals surface area contributed by atoms with Gasteiger partial charge in [-0.2, -0.15) is 10.4 Å². The summed E-state index contributed by atoms with van der Waals surface area (Å²) in [5.74, 6) is -0.435. The van der Waals surface area contributed by atoms with Crippen molar-refractivity contribution in [3.05, 3.63) is 66.5 Å². The van der Waals surface area contributed by atoms with Crippen LogP contribution in [0.1, 0.15) is 5.56 Å². The van der Waals surface area contributed by atoms with Gasteiger partial charge in [-0.15, -0.1) is 0 Å². The van der Waals surface area contributed by atoms with E-state index in [1.54, 1.807) is 35.5 Å². The largest absolute Gasteiger partial charge is 0.265 e. The average Bonchev–Trinajstić information content (AvgIpc) is 2.97. The van der Waals surface area contributed by atoms with Crippen LogP contribution in [0.5, 0.6) is 0 Å². The number of hydrogen-bond acceptors (Lipinski definition) is 3. The van der Waals surface area contributed by atoms with Crippen molar-refractivity contribution in [2.45, 2.75) is 0 Å². The Morgan fingerprint density at radius 1 is 1.10 bits per heavy atom. The summed E-state index contributed by atoms with van der Waals surface area (Å²) in [5, 5.41) is 13.1. The van der Waals surface area contributed by atoms with E-state index in [1.165, 1.54) is 12.1 Å². The number of halogens is 1. The van der Waals surface area contributed by atoms with Gasteiger partial charge >= 0.3 is 0 Å². The van der Waals surface area contributed by atoms with E-state index in [0.29, 0.717) is 5.56 Å². The van der Waals surface area contributed by atoms with Crippen LogP contribution in [0, 0.1) is 17.1 Å². The maximum Gasteiger partial charge on any atom is 0.125 e. The summed E-state index contributed by atoms with van der Waals surface area (Å²) in [4.78, 5) is 3.94. The van der Waals surface area contributed by atoms with E-state index >= 15 is 0 Å². The van der Waals surface area contributed by atoms with Gasteiger partial charge in [-0.05, 0) is 35.9 Å². The van der Waals surface area contributed by atoms with Crippen LogP contribution in [0.25, 0.3) is 16.8 Å². The Hall–Kier alpha value is -3.00. The van der Waals surface area contributed by atoms with Gasteiger partial charge in [0, 0.05) is 24.2 Å². The van der Waals surface area contributed by atoms with Gasteiger partial charge in [0.1, 0.15) is 5.82 Å². The molecule has 0 N–H and O–H groups in total. The van der Waals surface area contributed by atoms with E-state index in [4.69, 9.17) is 5.26 Å². The van der Waals surface area contributed by atoms with Crippen molar-refractivity contribution >= 4 is 0 Å². The molecule has 20 heavy (non-hydrogen) atoms. The predicted molar refractivity (Wildman–Crippen MR) is 71.5 cm³/mol. The Labute approximate surface area is 114 Å². The number of nitrogens with zero attached hydrogens (tertiary/aromatic N) is 4. The van der Waals surface area contributed by atoms with Crippen molar-refractivity contribution in [1.29, 1.82) is 5.26 Å². The van der Waals surface area contributed by atoms with E-state index in [0.717, 1.165) is 11.3 Å². The van der Waals surface area contributed by atoms with Crippen LogP contribution in [0.4, 0.5) is 4.39 Å². The lowest BCUT2D eigenvalue weighted by Crippen LogP contribution is -1.93. The first kappa shape index (κ1) is 12.1. The number of benzene rings is 1. The van der Waals surface area contributed by atoms with Crippen LogP contribution >= 0.6 is 0 Å². The molecule has 96 valence electrons. The van der Waals surface area contributed by atoms with Crippen molar-refractivity contribution in [3.8, 4) is 22.9 Å². The fourth-order valence-electron chi connectivity index (χ4n) is 1.93. The van der Waals surface area contributed by atoms with Gasteiger partial charge in [-0.25, -0.2) is 9.07 Å². The van der Waals surface area contributed by atoms with Gasteiger partial charge in [0.15, 0.2) is 0 Å². The van der Waals surface area contributed by atoms with E-state index in [9.17, 15) is 4.39 Å². The first-order valence-corrected chi connectivity index (χ1v) is 5.92. The molecule has 0 aliphatic rings. The minimum Gasteiger partial charge on any atom is -0.265 e. The van der Waals surface area contributed by atoms with Gasteiger partial charge in [0.2, 0.25) is 0 Å². The van der Waals surface area contributed by atoms with Gasteiger partial charge in [0.25, 0.3) is 0 Å². The highest BCUT2D eigenvalue weighted by atomic mass is 19.1. The third kappa shape index (κ3) is 2.27. The molecule has 0 bridgehead atoms. The molecule has 0 saturated heterocycles. The maximum atomic E-state index is 13.4. The molecule has 0 aliphatic heterocycles. The summed E-state index contributed by atoms with van der Waals surface area (Å²) in [6.45, 7) is 0. The number of pyridine rings is 1. The van der Waals surface area contributed by atoms with Crippen molar-refractivity contribution in [2.75, 3.05) is 0 Å². The number of aromatic nitrogens is 3. The third-order valence-corrected chi connectivity index (χ3v) is 2.87. The number of rotatable bonds is 2. The first-order valence-electron chi connectivity index (χ1n) is 5.92. The van der Waals surface area contributed by atoms with Crippen molar-refractivity contribution < 1.29 is 4.39 Å². The molecular weight excluding hydrogens is 255 g/mol. The van der Waals surface area contributed by atoms with Gasteiger partial charge in [0.05, 0.1) is 23.5 Å². The standard InChI is InChI=1S/C15H9FN4/c16-14-6-11(8-17)5-12(7-14)13-9-19-20(10-13)15-1-3-18-4-2-15/h1-7,9-10H. The zero-order valence-corrected chi connectivity index (χ0v) is 10.4. The summed E-state index contributed by atoms with van der Waals surface area (Å²) in [6.07, 6.45) is 6.76. The van der Waals surface area contributed by atoms with E-state index < -0.39 is 5.82 Å². The highest BCUT2D eigenvalue weighted by Gasteiger charge is 2.06. The third-order valence-electron chi connectivity index (χ3n) is 2.87. The summed E-state index contributed by atoms with van der Waals surface area (Å²) in [5.41, 5.74) is 2.53. The molecule has 0 saturated carbocycles. The van der Waals surface area contributed by atoms with Gasteiger partial charge in [-0.3, -0.25) is 4.98 Å². The molecule has 0 radical (unpaired) electrons. The van der Waals surface area contributed by atoms with Crippen molar-refractivity contribution in [3.63, 3.8) is 0 Å². The van der Waals surface area contributed by atoms with Crippen LogP contribution in [-0.4, -0.2) is 14.8 Å². The quantitative estimate of drug-likeness (QED) is 0.715. The van der Waals surface area contributed by atoms with E-state index in [1.807, 2.05) is 18.2 Å². The maximum absolute atomic E-state index is 13.4. The van der Waals surface area contributed by atoms with Crippen LogP contribution in [0.15, 0.2) is 55.1 Å². The molecule has 2 aromatic heterocycles. The van der Waals surface area contributed by atoms with Crippen molar-refractivity contribution in [1.82, 2.24) is 14.8 Å².